The largest absolute Gasteiger partial charge is 0.326 e. The van der Waals surface area contributed by atoms with Crippen molar-refractivity contribution in [2.45, 2.75) is 31.1 Å². The Bertz CT molecular complexity index is 231. The van der Waals surface area contributed by atoms with Gasteiger partial charge in [0.05, 0.1) is 5.25 Å². The van der Waals surface area contributed by atoms with Crippen molar-refractivity contribution in [3.63, 3.8) is 0 Å². The van der Waals surface area contributed by atoms with Crippen molar-refractivity contribution < 1.29 is 8.42 Å². The lowest BCUT2D eigenvalue weighted by Crippen LogP contribution is -2.39. The average molecular weight is 177 g/mol. The second-order valence-corrected chi connectivity index (χ2v) is 5.85. The van der Waals surface area contributed by atoms with Crippen LogP contribution in [0.1, 0.15) is 19.8 Å². The molecule has 0 unspecified atom stereocenters. The molecule has 0 spiro atoms. The van der Waals surface area contributed by atoms with Crippen LogP contribution in [0.4, 0.5) is 0 Å². The van der Waals surface area contributed by atoms with E-state index in [4.69, 9.17) is 5.73 Å². The molecular weight excluding hydrogens is 162 g/mol. The highest BCUT2D eigenvalue weighted by Crippen LogP contribution is 2.34. The highest BCUT2D eigenvalue weighted by atomic mass is 32.2. The van der Waals surface area contributed by atoms with Gasteiger partial charge in [-0.1, -0.05) is 0 Å². The molecule has 0 aromatic carbocycles. The van der Waals surface area contributed by atoms with Crippen molar-refractivity contribution in [1.82, 2.24) is 0 Å². The quantitative estimate of drug-likeness (QED) is 0.668. The minimum absolute atomic E-state index is 0.148. The first kappa shape index (κ1) is 9.00. The molecule has 2 atom stereocenters. The summed E-state index contributed by atoms with van der Waals surface area (Å²) in [6.07, 6.45) is 3.45. The summed E-state index contributed by atoms with van der Waals surface area (Å²) in [7, 11) is -2.93. The number of sulfone groups is 1. The maximum Gasteiger partial charge on any atom is 0.151 e. The van der Waals surface area contributed by atoms with Gasteiger partial charge in [0, 0.05) is 12.3 Å². The third kappa shape index (κ3) is 2.17. The highest BCUT2D eigenvalue weighted by molar-refractivity contribution is 7.91. The van der Waals surface area contributed by atoms with E-state index >= 15 is 0 Å². The Kier molecular flexibility index (Phi) is 2.25. The third-order valence-corrected chi connectivity index (χ3v) is 4.05. The molecule has 0 saturated heterocycles. The van der Waals surface area contributed by atoms with Crippen LogP contribution in [0.2, 0.25) is 0 Å². The maximum absolute atomic E-state index is 11.0. The van der Waals surface area contributed by atoms with Crippen molar-refractivity contribution in [2.75, 3.05) is 6.26 Å². The van der Waals surface area contributed by atoms with Crippen LogP contribution in [-0.4, -0.2) is 26.0 Å². The lowest BCUT2D eigenvalue weighted by atomic mass is 10.1. The second-order valence-electron chi connectivity index (χ2n) is 3.45. The summed E-state index contributed by atoms with van der Waals surface area (Å²) in [6.45, 7) is 1.69. The molecule has 1 saturated carbocycles. The fraction of sp³-hybridized carbons (Fsp3) is 1.00. The van der Waals surface area contributed by atoms with Crippen LogP contribution >= 0.6 is 0 Å². The van der Waals surface area contributed by atoms with E-state index < -0.39 is 9.84 Å². The zero-order chi connectivity index (χ0) is 8.65. The van der Waals surface area contributed by atoms with Crippen LogP contribution in [0.5, 0.6) is 0 Å². The van der Waals surface area contributed by atoms with E-state index in [1.54, 1.807) is 6.92 Å². The zero-order valence-electron chi connectivity index (χ0n) is 6.95. The lowest BCUT2D eigenvalue weighted by Gasteiger charge is -2.16. The van der Waals surface area contributed by atoms with Gasteiger partial charge >= 0.3 is 0 Å². The molecule has 0 radical (unpaired) electrons. The Labute approximate surface area is 67.9 Å². The van der Waals surface area contributed by atoms with Crippen LogP contribution in [0.3, 0.4) is 0 Å². The highest BCUT2D eigenvalue weighted by Gasteiger charge is 2.35. The molecule has 1 rings (SSSR count). The first-order valence-electron chi connectivity index (χ1n) is 3.87. The number of nitrogens with two attached hydrogens (primary N) is 1. The SMILES string of the molecule is C[C@@H]([C@H](N)C1CC1)S(C)(=O)=O. The standard InChI is InChI=1S/C7H15NO2S/c1-5(11(2,9)10)7(8)6-3-4-6/h5-7H,3-4,8H2,1-2H3/t5-,7-/m0/s1. The Morgan fingerprint density at radius 3 is 2.18 bits per heavy atom. The Morgan fingerprint density at radius 2 is 1.91 bits per heavy atom. The Morgan fingerprint density at radius 1 is 1.45 bits per heavy atom. The van der Waals surface area contributed by atoms with E-state index in [1.807, 2.05) is 0 Å². The molecule has 0 aliphatic heterocycles. The van der Waals surface area contributed by atoms with E-state index in [9.17, 15) is 8.42 Å². The fourth-order valence-electron chi connectivity index (χ4n) is 1.15. The van der Waals surface area contributed by atoms with Crippen LogP contribution in [0.15, 0.2) is 0 Å². The second kappa shape index (κ2) is 2.75. The summed E-state index contributed by atoms with van der Waals surface area (Å²) >= 11 is 0. The summed E-state index contributed by atoms with van der Waals surface area (Å²) in [5.41, 5.74) is 5.73. The molecule has 2 N–H and O–H groups in total. The van der Waals surface area contributed by atoms with Crippen LogP contribution in [-0.2, 0) is 9.84 Å². The topological polar surface area (TPSA) is 60.2 Å². The van der Waals surface area contributed by atoms with Gasteiger partial charge in [-0.15, -0.1) is 0 Å². The monoisotopic (exact) mass is 177 g/mol. The van der Waals surface area contributed by atoms with E-state index in [2.05, 4.69) is 0 Å². The van der Waals surface area contributed by atoms with Gasteiger partial charge in [-0.25, -0.2) is 8.42 Å². The molecule has 11 heavy (non-hydrogen) atoms. The van der Waals surface area contributed by atoms with Crippen molar-refractivity contribution in [3.05, 3.63) is 0 Å². The van der Waals surface area contributed by atoms with Crippen molar-refractivity contribution in [3.8, 4) is 0 Å². The van der Waals surface area contributed by atoms with Crippen molar-refractivity contribution in [1.29, 1.82) is 0 Å². The van der Waals surface area contributed by atoms with E-state index in [0.717, 1.165) is 12.8 Å². The molecule has 1 aliphatic carbocycles. The lowest BCUT2D eigenvalue weighted by molar-refractivity contribution is 0.536. The van der Waals surface area contributed by atoms with E-state index in [1.165, 1.54) is 6.26 Å². The average Bonchev–Trinajstić information content (AvgIpc) is 2.63. The van der Waals surface area contributed by atoms with Gasteiger partial charge in [-0.05, 0) is 25.7 Å². The smallest absolute Gasteiger partial charge is 0.151 e. The predicted octanol–water partition coefficient (Wildman–Crippen LogP) is 0.157. The molecule has 1 fully saturated rings. The first-order chi connectivity index (χ1) is 4.93. The summed E-state index contributed by atoms with van der Waals surface area (Å²) < 4.78 is 22.0. The van der Waals surface area contributed by atoms with Gasteiger partial charge in [-0.3, -0.25) is 0 Å². The summed E-state index contributed by atoms with van der Waals surface area (Å²) in [5, 5.41) is -0.380. The van der Waals surface area contributed by atoms with Crippen LogP contribution in [0, 0.1) is 5.92 Å². The summed E-state index contributed by atoms with van der Waals surface area (Å²) in [6, 6.07) is -0.148. The van der Waals surface area contributed by atoms with Gasteiger partial charge in [0.15, 0.2) is 9.84 Å². The van der Waals surface area contributed by atoms with Crippen LogP contribution in [0.25, 0.3) is 0 Å². The number of hydrogen-bond donors (Lipinski definition) is 1. The first-order valence-corrected chi connectivity index (χ1v) is 5.83. The number of rotatable bonds is 3. The van der Waals surface area contributed by atoms with Gasteiger partial charge in [0.1, 0.15) is 0 Å². The molecule has 0 aromatic rings. The minimum atomic E-state index is -2.93. The molecule has 1 aliphatic rings. The molecular formula is C7H15NO2S. The Balaban J connectivity index is 2.59. The fourth-order valence-corrected chi connectivity index (χ4v) is 1.94. The Hall–Kier alpha value is -0.0900. The van der Waals surface area contributed by atoms with E-state index in [-0.39, 0.29) is 11.3 Å². The van der Waals surface area contributed by atoms with Gasteiger partial charge in [0.2, 0.25) is 0 Å². The minimum Gasteiger partial charge on any atom is -0.326 e. The molecule has 0 heterocycles. The van der Waals surface area contributed by atoms with Crippen LogP contribution < -0.4 is 5.73 Å². The third-order valence-electron chi connectivity index (χ3n) is 2.38. The summed E-state index contributed by atoms with van der Waals surface area (Å²) in [5.74, 6) is 0.458. The molecule has 4 heteroatoms. The molecule has 66 valence electrons. The normalized spacial score (nSPS) is 24.6. The predicted molar refractivity (Wildman–Crippen MR) is 45.0 cm³/mol. The molecule has 0 amide bonds. The maximum atomic E-state index is 11.0. The zero-order valence-corrected chi connectivity index (χ0v) is 7.76. The summed E-state index contributed by atoms with van der Waals surface area (Å²) in [4.78, 5) is 0. The number of hydrogen-bond acceptors (Lipinski definition) is 3. The molecule has 3 nitrogen and oxygen atoms in total. The van der Waals surface area contributed by atoms with Gasteiger partial charge in [-0.2, -0.15) is 0 Å². The van der Waals surface area contributed by atoms with Gasteiger partial charge < -0.3 is 5.73 Å². The molecule has 0 bridgehead atoms. The molecule has 0 aromatic heterocycles. The van der Waals surface area contributed by atoms with Crippen molar-refractivity contribution in [2.24, 2.45) is 11.7 Å². The van der Waals surface area contributed by atoms with Crippen molar-refractivity contribution >= 4 is 9.84 Å². The van der Waals surface area contributed by atoms with E-state index in [0.29, 0.717) is 5.92 Å². The van der Waals surface area contributed by atoms with Gasteiger partial charge in [0.25, 0.3) is 0 Å².